The van der Waals surface area contributed by atoms with Crippen LogP contribution in [-0.2, 0) is 4.79 Å². The van der Waals surface area contributed by atoms with Crippen molar-refractivity contribution in [2.75, 3.05) is 0 Å². The van der Waals surface area contributed by atoms with Gasteiger partial charge in [0.2, 0.25) is 0 Å². The Hall–Kier alpha value is -0.940. The number of Topliss-reactive ketones (excluding diaryl/α,β-unsaturated/α-hetero) is 1. The molecular weight excluding hydrogens is 214 g/mol. The van der Waals surface area contributed by atoms with Crippen LogP contribution in [-0.4, -0.2) is 21.8 Å². The number of carboxylic acids is 1. The summed E-state index contributed by atoms with van der Waals surface area (Å²) in [5.41, 5.74) is 1.91. The van der Waals surface area contributed by atoms with Crippen LogP contribution in [0.4, 0.5) is 0 Å². The topological polar surface area (TPSA) is 67.3 Å². The molecule has 6 heteroatoms. The molecular formula is C7H8ClNO3S. The van der Waals surface area contributed by atoms with Crippen molar-refractivity contribution < 1.29 is 14.7 Å². The Morgan fingerprint density at radius 1 is 1.46 bits per heavy atom. The normalized spacial score (nSPS) is 8.92. The highest BCUT2D eigenvalue weighted by Crippen LogP contribution is 2.05. The monoisotopic (exact) mass is 221 g/mol. The molecule has 4 nitrogen and oxygen atoms in total. The molecule has 0 amide bonds. The summed E-state index contributed by atoms with van der Waals surface area (Å²) in [5.74, 6) is -1.17. The van der Waals surface area contributed by atoms with Crippen LogP contribution in [0.15, 0.2) is 10.9 Å². The number of thiazole rings is 1. The fourth-order valence-electron chi connectivity index (χ4n) is 0.699. The van der Waals surface area contributed by atoms with Crippen LogP contribution in [0.1, 0.15) is 23.3 Å². The van der Waals surface area contributed by atoms with Crippen molar-refractivity contribution >= 4 is 35.5 Å². The van der Waals surface area contributed by atoms with Gasteiger partial charge in [0, 0.05) is 11.8 Å². The maximum Gasteiger partial charge on any atom is 0.303 e. The Labute approximate surface area is 85.0 Å². The highest BCUT2D eigenvalue weighted by molar-refractivity contribution is 7.07. The van der Waals surface area contributed by atoms with Crippen LogP contribution in [0.2, 0.25) is 0 Å². The summed E-state index contributed by atoms with van der Waals surface area (Å²) in [6, 6.07) is 0. The molecule has 0 saturated carbocycles. The van der Waals surface area contributed by atoms with Crippen LogP contribution < -0.4 is 0 Å². The number of ketones is 1. The van der Waals surface area contributed by atoms with E-state index in [2.05, 4.69) is 4.98 Å². The van der Waals surface area contributed by atoms with Crippen LogP contribution in [0.3, 0.4) is 0 Å². The quantitative estimate of drug-likeness (QED) is 0.785. The fourth-order valence-corrected chi connectivity index (χ4v) is 1.26. The van der Waals surface area contributed by atoms with Gasteiger partial charge in [-0.25, -0.2) is 4.98 Å². The Kier molecular flexibility index (Phi) is 5.25. The highest BCUT2D eigenvalue weighted by atomic mass is 35.5. The summed E-state index contributed by atoms with van der Waals surface area (Å²) in [6.45, 7) is 0. The molecule has 1 N–H and O–H groups in total. The van der Waals surface area contributed by atoms with Gasteiger partial charge in [-0.2, -0.15) is 0 Å². The van der Waals surface area contributed by atoms with E-state index in [9.17, 15) is 9.59 Å². The van der Waals surface area contributed by atoms with Crippen molar-refractivity contribution in [3.8, 4) is 0 Å². The molecule has 72 valence electrons. The van der Waals surface area contributed by atoms with E-state index in [1.54, 1.807) is 10.9 Å². The lowest BCUT2D eigenvalue weighted by Crippen LogP contribution is -2.03. The third-order valence-electron chi connectivity index (χ3n) is 1.28. The molecule has 0 aliphatic carbocycles. The van der Waals surface area contributed by atoms with Crippen LogP contribution in [0.5, 0.6) is 0 Å². The molecule has 1 heterocycles. The molecule has 1 aromatic heterocycles. The van der Waals surface area contributed by atoms with Gasteiger partial charge in [-0.1, -0.05) is 0 Å². The molecule has 13 heavy (non-hydrogen) atoms. The zero-order chi connectivity index (χ0) is 8.97. The summed E-state index contributed by atoms with van der Waals surface area (Å²) in [7, 11) is 0. The Bertz CT molecular complexity index is 286. The first kappa shape index (κ1) is 12.1. The summed E-state index contributed by atoms with van der Waals surface area (Å²) in [4.78, 5) is 25.0. The molecule has 0 unspecified atom stereocenters. The van der Waals surface area contributed by atoms with Crippen LogP contribution in [0.25, 0.3) is 0 Å². The molecule has 0 spiro atoms. The number of aromatic nitrogens is 1. The Morgan fingerprint density at radius 2 is 2.15 bits per heavy atom. The number of halogens is 1. The van der Waals surface area contributed by atoms with E-state index in [1.807, 2.05) is 0 Å². The minimum absolute atomic E-state index is 0. The Morgan fingerprint density at radius 3 is 2.62 bits per heavy atom. The molecule has 0 bridgehead atoms. The number of rotatable bonds is 4. The Balaban J connectivity index is 0.00000144. The van der Waals surface area contributed by atoms with E-state index in [1.165, 1.54) is 11.3 Å². The number of aliphatic carboxylic acids is 1. The molecule has 0 radical (unpaired) electrons. The van der Waals surface area contributed by atoms with Gasteiger partial charge in [-0.05, 0) is 0 Å². The lowest BCUT2D eigenvalue weighted by molar-refractivity contribution is -0.136. The smallest absolute Gasteiger partial charge is 0.303 e. The van der Waals surface area contributed by atoms with E-state index in [0.717, 1.165) is 0 Å². The van der Waals surface area contributed by atoms with Crippen molar-refractivity contribution in [1.29, 1.82) is 0 Å². The first-order valence-electron chi connectivity index (χ1n) is 3.33. The van der Waals surface area contributed by atoms with Crippen molar-refractivity contribution in [1.82, 2.24) is 4.98 Å². The second-order valence-corrected chi connectivity index (χ2v) is 2.91. The summed E-state index contributed by atoms with van der Waals surface area (Å²) in [6.07, 6.45) is -0.102. The summed E-state index contributed by atoms with van der Waals surface area (Å²) < 4.78 is 0. The van der Waals surface area contributed by atoms with Crippen molar-refractivity contribution in [3.05, 3.63) is 16.6 Å². The summed E-state index contributed by atoms with van der Waals surface area (Å²) >= 11 is 1.32. The number of hydrogen-bond acceptors (Lipinski definition) is 4. The molecule has 0 aliphatic heterocycles. The van der Waals surface area contributed by atoms with Crippen molar-refractivity contribution in [2.45, 2.75) is 12.8 Å². The van der Waals surface area contributed by atoms with Gasteiger partial charge >= 0.3 is 5.97 Å². The maximum absolute atomic E-state index is 11.1. The molecule has 0 saturated heterocycles. The molecule has 0 fully saturated rings. The SMILES string of the molecule is Cl.O=C(O)CCC(=O)c1cscn1. The zero-order valence-electron chi connectivity index (χ0n) is 6.60. The molecule has 0 aliphatic rings. The van der Waals surface area contributed by atoms with Crippen LogP contribution >= 0.6 is 23.7 Å². The number of carbonyl (C=O) groups is 2. The lowest BCUT2D eigenvalue weighted by Gasteiger charge is -1.91. The molecule has 1 rings (SSSR count). The average molecular weight is 222 g/mol. The number of carbonyl (C=O) groups excluding carboxylic acids is 1. The molecule has 0 atom stereocenters. The second kappa shape index (κ2) is 5.66. The van der Waals surface area contributed by atoms with E-state index in [-0.39, 0.29) is 31.0 Å². The third-order valence-corrected chi connectivity index (χ3v) is 1.87. The minimum atomic E-state index is -0.960. The van der Waals surface area contributed by atoms with E-state index >= 15 is 0 Å². The lowest BCUT2D eigenvalue weighted by atomic mass is 10.2. The fraction of sp³-hybridized carbons (Fsp3) is 0.286. The zero-order valence-corrected chi connectivity index (χ0v) is 8.23. The average Bonchev–Trinajstić information content (AvgIpc) is 2.51. The van der Waals surface area contributed by atoms with Gasteiger partial charge in [0.05, 0.1) is 11.9 Å². The first-order valence-corrected chi connectivity index (χ1v) is 4.27. The van der Waals surface area contributed by atoms with Gasteiger partial charge in [0.15, 0.2) is 5.78 Å². The summed E-state index contributed by atoms with van der Waals surface area (Å²) in [5, 5.41) is 9.91. The van der Waals surface area contributed by atoms with Crippen molar-refractivity contribution in [2.24, 2.45) is 0 Å². The standard InChI is InChI=1S/C7H7NO3S.ClH/c9-6(1-2-7(10)11)5-3-12-4-8-5;/h3-4H,1-2H2,(H,10,11);1H. The predicted octanol–water partition coefficient (Wildman–Crippen LogP) is 1.61. The number of nitrogens with zero attached hydrogens (tertiary/aromatic N) is 1. The second-order valence-electron chi connectivity index (χ2n) is 2.19. The van der Waals surface area contributed by atoms with Crippen molar-refractivity contribution in [3.63, 3.8) is 0 Å². The molecule has 0 aromatic carbocycles. The van der Waals surface area contributed by atoms with Gasteiger partial charge in [-0.3, -0.25) is 9.59 Å². The maximum atomic E-state index is 11.1. The molecule has 1 aromatic rings. The van der Waals surface area contributed by atoms with Crippen LogP contribution in [0, 0.1) is 0 Å². The first-order chi connectivity index (χ1) is 5.70. The highest BCUT2D eigenvalue weighted by Gasteiger charge is 2.09. The number of carboxylic acid groups (broad SMARTS) is 1. The minimum Gasteiger partial charge on any atom is -0.481 e. The van der Waals surface area contributed by atoms with E-state index < -0.39 is 5.97 Å². The van der Waals surface area contributed by atoms with E-state index in [4.69, 9.17) is 5.11 Å². The van der Waals surface area contributed by atoms with Gasteiger partial charge < -0.3 is 5.11 Å². The third kappa shape index (κ3) is 4.00. The van der Waals surface area contributed by atoms with Gasteiger partial charge in [0.25, 0.3) is 0 Å². The van der Waals surface area contributed by atoms with E-state index in [0.29, 0.717) is 5.69 Å². The largest absolute Gasteiger partial charge is 0.481 e. The number of hydrogen-bond donors (Lipinski definition) is 1. The van der Waals surface area contributed by atoms with Gasteiger partial charge in [-0.15, -0.1) is 23.7 Å². The van der Waals surface area contributed by atoms with Gasteiger partial charge in [0.1, 0.15) is 5.69 Å². The predicted molar refractivity (Wildman–Crippen MR) is 50.6 cm³/mol.